The summed E-state index contributed by atoms with van der Waals surface area (Å²) >= 11 is 1.62. The van der Waals surface area contributed by atoms with E-state index in [0.29, 0.717) is 23.3 Å². The highest BCUT2D eigenvalue weighted by atomic mass is 32.2. The Kier molecular flexibility index (Phi) is 5.57. The van der Waals surface area contributed by atoms with Crippen LogP contribution in [0.3, 0.4) is 0 Å². The van der Waals surface area contributed by atoms with E-state index >= 15 is 0 Å². The zero-order chi connectivity index (χ0) is 16.1. The second kappa shape index (κ2) is 7.42. The Hall–Kier alpha value is -1.85. The molecular formula is C17H20N2O2S. The summed E-state index contributed by atoms with van der Waals surface area (Å²) in [5, 5.41) is 9.89. The van der Waals surface area contributed by atoms with Crippen LogP contribution in [-0.4, -0.2) is 35.4 Å². The largest absolute Gasteiger partial charge is 0.505 e. The lowest BCUT2D eigenvalue weighted by Gasteiger charge is -2.10. The normalized spacial score (nSPS) is 10.9. The summed E-state index contributed by atoms with van der Waals surface area (Å²) in [5.74, 6) is 0.580. The van der Waals surface area contributed by atoms with Crippen LogP contribution >= 0.6 is 11.8 Å². The van der Waals surface area contributed by atoms with Gasteiger partial charge >= 0.3 is 0 Å². The molecule has 0 saturated heterocycles. The molecule has 22 heavy (non-hydrogen) atoms. The second-order valence-electron chi connectivity index (χ2n) is 5.42. The molecule has 0 fully saturated rings. The number of benzene rings is 1. The van der Waals surface area contributed by atoms with Gasteiger partial charge in [0, 0.05) is 23.4 Å². The molecule has 5 heteroatoms. The third-order valence-electron chi connectivity index (χ3n) is 3.29. The van der Waals surface area contributed by atoms with Crippen molar-refractivity contribution in [2.75, 3.05) is 14.1 Å². The summed E-state index contributed by atoms with van der Waals surface area (Å²) in [5.41, 5.74) is 2.83. The van der Waals surface area contributed by atoms with E-state index in [-0.39, 0.29) is 5.75 Å². The smallest absolute Gasteiger partial charge is 0.154 e. The van der Waals surface area contributed by atoms with E-state index in [1.165, 1.54) is 5.56 Å². The van der Waals surface area contributed by atoms with E-state index in [2.05, 4.69) is 34.1 Å². The number of aryl methyl sites for hydroxylation is 1. The van der Waals surface area contributed by atoms with Crippen molar-refractivity contribution in [2.24, 2.45) is 0 Å². The lowest BCUT2D eigenvalue weighted by Crippen LogP contribution is -2.10. The molecule has 1 N–H and O–H groups in total. The molecule has 2 aromatic rings. The van der Waals surface area contributed by atoms with Gasteiger partial charge in [-0.1, -0.05) is 12.1 Å². The lowest BCUT2D eigenvalue weighted by atomic mass is 10.1. The highest BCUT2D eigenvalue weighted by molar-refractivity contribution is 7.98. The van der Waals surface area contributed by atoms with Crippen LogP contribution in [0.15, 0.2) is 35.4 Å². The highest BCUT2D eigenvalue weighted by Gasteiger charge is 2.11. The summed E-state index contributed by atoms with van der Waals surface area (Å²) in [6.45, 7) is 2.60. The number of hydrogen-bond acceptors (Lipinski definition) is 5. The van der Waals surface area contributed by atoms with Gasteiger partial charge in [0.2, 0.25) is 0 Å². The summed E-state index contributed by atoms with van der Waals surface area (Å²) in [6.07, 6.45) is 2.35. The van der Waals surface area contributed by atoms with Crippen LogP contribution < -0.4 is 0 Å². The molecule has 2 rings (SSSR count). The minimum Gasteiger partial charge on any atom is -0.505 e. The Morgan fingerprint density at radius 2 is 1.95 bits per heavy atom. The van der Waals surface area contributed by atoms with E-state index in [4.69, 9.17) is 0 Å². The first-order valence-electron chi connectivity index (χ1n) is 7.00. The van der Waals surface area contributed by atoms with Crippen molar-refractivity contribution in [3.8, 4) is 5.75 Å². The molecule has 0 aliphatic carbocycles. The molecule has 116 valence electrons. The monoisotopic (exact) mass is 316 g/mol. The van der Waals surface area contributed by atoms with Crippen molar-refractivity contribution >= 4 is 18.0 Å². The first kappa shape index (κ1) is 16.5. The van der Waals surface area contributed by atoms with Gasteiger partial charge in [-0.2, -0.15) is 0 Å². The maximum absolute atomic E-state index is 11.2. The van der Waals surface area contributed by atoms with E-state index < -0.39 is 0 Å². The van der Waals surface area contributed by atoms with Crippen molar-refractivity contribution in [2.45, 2.75) is 24.1 Å². The van der Waals surface area contributed by atoms with Gasteiger partial charge in [0.15, 0.2) is 6.29 Å². The third kappa shape index (κ3) is 4.08. The van der Waals surface area contributed by atoms with Gasteiger partial charge in [-0.25, -0.2) is 0 Å². The first-order chi connectivity index (χ1) is 10.5. The predicted octanol–water partition coefficient (Wildman–Crippen LogP) is 3.26. The number of aldehydes is 1. The second-order valence-corrected chi connectivity index (χ2v) is 6.47. The van der Waals surface area contributed by atoms with Crippen molar-refractivity contribution in [1.82, 2.24) is 9.88 Å². The molecular weight excluding hydrogens is 296 g/mol. The fourth-order valence-electron chi connectivity index (χ4n) is 2.12. The molecule has 0 spiro atoms. The molecule has 0 atom stereocenters. The molecule has 0 saturated carbocycles. The fourth-order valence-corrected chi connectivity index (χ4v) is 3.00. The summed E-state index contributed by atoms with van der Waals surface area (Å²) < 4.78 is 0. The number of carbonyl (C=O) groups is 1. The van der Waals surface area contributed by atoms with Gasteiger partial charge in [0.1, 0.15) is 5.75 Å². The molecule has 4 nitrogen and oxygen atoms in total. The summed E-state index contributed by atoms with van der Waals surface area (Å²) in [6, 6.07) is 8.36. The van der Waals surface area contributed by atoms with Crippen molar-refractivity contribution in [1.29, 1.82) is 0 Å². The summed E-state index contributed by atoms with van der Waals surface area (Å²) in [7, 11) is 4.08. The quantitative estimate of drug-likeness (QED) is 0.655. The minimum atomic E-state index is -0.0190. The Bertz CT molecular complexity index is 654. The number of carbonyl (C=O) groups excluding carboxylic acids is 1. The Labute approximate surface area is 135 Å². The van der Waals surface area contributed by atoms with Crippen LogP contribution in [0.4, 0.5) is 0 Å². The molecule has 0 aliphatic heterocycles. The van der Waals surface area contributed by atoms with Crippen molar-refractivity contribution in [3.63, 3.8) is 0 Å². The maximum atomic E-state index is 11.2. The molecule has 0 unspecified atom stereocenters. The van der Waals surface area contributed by atoms with Crippen LogP contribution in [0, 0.1) is 6.92 Å². The SMILES string of the molecule is Cc1ncc(CSc2ccc(CN(C)C)cc2)c(C=O)c1O. The molecule has 1 aromatic heterocycles. The summed E-state index contributed by atoms with van der Waals surface area (Å²) in [4.78, 5) is 18.5. The van der Waals surface area contributed by atoms with Crippen molar-refractivity contribution in [3.05, 3.63) is 52.8 Å². The zero-order valence-electron chi connectivity index (χ0n) is 13.0. The molecule has 0 bridgehead atoms. The van der Waals surface area contributed by atoms with Gasteiger partial charge in [-0.3, -0.25) is 9.78 Å². The van der Waals surface area contributed by atoms with Gasteiger partial charge in [-0.05, 0) is 44.3 Å². The Morgan fingerprint density at radius 3 is 2.55 bits per heavy atom. The lowest BCUT2D eigenvalue weighted by molar-refractivity contribution is 0.112. The van der Waals surface area contributed by atoms with E-state index in [9.17, 15) is 9.90 Å². The maximum Gasteiger partial charge on any atom is 0.154 e. The number of aromatic hydroxyl groups is 1. The van der Waals surface area contributed by atoms with Crippen LogP contribution in [0.1, 0.15) is 27.2 Å². The number of hydrogen-bond donors (Lipinski definition) is 1. The topological polar surface area (TPSA) is 53.4 Å². The number of rotatable bonds is 6. The fraction of sp³-hybridized carbons (Fsp3) is 0.294. The average Bonchev–Trinajstić information content (AvgIpc) is 2.49. The van der Waals surface area contributed by atoms with Crippen LogP contribution in [0.2, 0.25) is 0 Å². The molecule has 1 aromatic carbocycles. The minimum absolute atomic E-state index is 0.0190. The Balaban J connectivity index is 2.07. The van der Waals surface area contributed by atoms with Gasteiger partial charge in [0.25, 0.3) is 0 Å². The predicted molar refractivity (Wildman–Crippen MR) is 89.4 cm³/mol. The van der Waals surface area contributed by atoms with Crippen molar-refractivity contribution < 1.29 is 9.90 Å². The molecule has 0 amide bonds. The molecule has 0 radical (unpaired) electrons. The average molecular weight is 316 g/mol. The van der Waals surface area contributed by atoms with Gasteiger partial charge in [0.05, 0.1) is 11.3 Å². The molecule has 1 heterocycles. The number of nitrogens with zero attached hydrogens (tertiary/aromatic N) is 2. The van der Waals surface area contributed by atoms with E-state index in [1.807, 2.05) is 14.1 Å². The highest BCUT2D eigenvalue weighted by Crippen LogP contribution is 2.28. The number of pyridine rings is 1. The third-order valence-corrected chi connectivity index (χ3v) is 4.35. The zero-order valence-corrected chi connectivity index (χ0v) is 13.9. The standard InChI is InChI=1S/C17H20N2O2S/c1-12-17(21)16(10-20)14(8-18-12)11-22-15-6-4-13(5-7-15)9-19(2)3/h4-8,10,21H,9,11H2,1-3H3. The molecule has 0 aliphatic rings. The first-order valence-corrected chi connectivity index (χ1v) is 7.99. The van der Waals surface area contributed by atoms with Crippen LogP contribution in [0.25, 0.3) is 0 Å². The van der Waals surface area contributed by atoms with E-state index in [0.717, 1.165) is 17.0 Å². The van der Waals surface area contributed by atoms with Crippen LogP contribution in [0.5, 0.6) is 5.75 Å². The van der Waals surface area contributed by atoms with Crippen LogP contribution in [-0.2, 0) is 12.3 Å². The van der Waals surface area contributed by atoms with E-state index in [1.54, 1.807) is 24.9 Å². The van der Waals surface area contributed by atoms with Gasteiger partial charge < -0.3 is 10.0 Å². The van der Waals surface area contributed by atoms with Gasteiger partial charge in [-0.15, -0.1) is 11.8 Å². The number of aromatic nitrogens is 1. The Morgan fingerprint density at radius 1 is 1.27 bits per heavy atom. The number of thioether (sulfide) groups is 1.